The Kier molecular flexibility index (Phi) is 9.09. The summed E-state index contributed by atoms with van der Waals surface area (Å²) in [5.41, 5.74) is 1.13. The number of thiazole rings is 1. The van der Waals surface area contributed by atoms with Crippen molar-refractivity contribution in [2.45, 2.75) is 65.5 Å². The van der Waals surface area contributed by atoms with Gasteiger partial charge in [0, 0.05) is 37.1 Å². The van der Waals surface area contributed by atoms with Gasteiger partial charge in [0.25, 0.3) is 0 Å². The van der Waals surface area contributed by atoms with Gasteiger partial charge in [0.1, 0.15) is 5.01 Å². The molecular formula is C19H34IN5S. The topological polar surface area (TPSA) is 52.6 Å². The molecule has 0 aromatic carbocycles. The molecule has 2 fully saturated rings. The predicted molar refractivity (Wildman–Crippen MR) is 122 cm³/mol. The van der Waals surface area contributed by atoms with E-state index in [1.54, 1.807) is 11.3 Å². The zero-order valence-corrected chi connectivity index (χ0v) is 19.5. The minimum Gasteiger partial charge on any atom is -0.357 e. The predicted octanol–water partition coefficient (Wildman–Crippen LogP) is 3.70. The minimum absolute atomic E-state index is 0. The summed E-state index contributed by atoms with van der Waals surface area (Å²) in [6.07, 6.45) is 6.96. The van der Waals surface area contributed by atoms with Crippen LogP contribution in [0, 0.1) is 19.8 Å². The highest BCUT2D eigenvalue weighted by molar-refractivity contribution is 14.0. The minimum atomic E-state index is 0. The lowest BCUT2D eigenvalue weighted by Gasteiger charge is -2.21. The highest BCUT2D eigenvalue weighted by Crippen LogP contribution is 2.26. The molecule has 0 radical (unpaired) electrons. The summed E-state index contributed by atoms with van der Waals surface area (Å²) >= 11 is 1.75. The van der Waals surface area contributed by atoms with Gasteiger partial charge in [0.05, 0.1) is 12.2 Å². The zero-order valence-electron chi connectivity index (χ0n) is 16.4. The molecule has 3 rings (SSSR count). The fraction of sp³-hybridized carbons (Fsp3) is 0.789. The molecule has 1 aliphatic heterocycles. The average Bonchev–Trinajstić information content (AvgIpc) is 3.30. The third-order valence-electron chi connectivity index (χ3n) is 5.39. The lowest BCUT2D eigenvalue weighted by molar-refractivity contribution is 0.275. The molecule has 0 amide bonds. The first-order valence-corrected chi connectivity index (χ1v) is 10.7. The van der Waals surface area contributed by atoms with Gasteiger partial charge in [0.2, 0.25) is 0 Å². The summed E-state index contributed by atoms with van der Waals surface area (Å²) in [7, 11) is 0. The number of nitrogens with one attached hydrogen (secondary N) is 2. The first kappa shape index (κ1) is 21.9. The van der Waals surface area contributed by atoms with E-state index in [0.29, 0.717) is 12.6 Å². The second kappa shape index (κ2) is 10.8. The third-order valence-corrected chi connectivity index (χ3v) is 6.45. The Morgan fingerprint density at radius 1 is 1.27 bits per heavy atom. The van der Waals surface area contributed by atoms with Gasteiger partial charge in [-0.15, -0.1) is 35.3 Å². The van der Waals surface area contributed by atoms with Crippen LogP contribution < -0.4 is 10.6 Å². The largest absolute Gasteiger partial charge is 0.357 e. The lowest BCUT2D eigenvalue weighted by Crippen LogP contribution is -2.44. The lowest BCUT2D eigenvalue weighted by atomic mass is 10.1. The van der Waals surface area contributed by atoms with Crippen molar-refractivity contribution in [1.29, 1.82) is 0 Å². The first-order chi connectivity index (χ1) is 12.1. The van der Waals surface area contributed by atoms with E-state index < -0.39 is 0 Å². The van der Waals surface area contributed by atoms with Crippen LogP contribution >= 0.6 is 35.3 Å². The van der Waals surface area contributed by atoms with Crippen LogP contribution in [0.4, 0.5) is 0 Å². The highest BCUT2D eigenvalue weighted by atomic mass is 127. The van der Waals surface area contributed by atoms with E-state index >= 15 is 0 Å². The van der Waals surface area contributed by atoms with Gasteiger partial charge in [-0.05, 0) is 46.0 Å². The number of rotatable bonds is 6. The van der Waals surface area contributed by atoms with Crippen LogP contribution in [-0.4, -0.2) is 48.1 Å². The van der Waals surface area contributed by atoms with E-state index in [4.69, 9.17) is 4.99 Å². The van der Waals surface area contributed by atoms with Gasteiger partial charge in [-0.25, -0.2) is 9.98 Å². The summed E-state index contributed by atoms with van der Waals surface area (Å²) in [6, 6.07) is 0.513. The highest BCUT2D eigenvalue weighted by Gasteiger charge is 2.26. The zero-order chi connectivity index (χ0) is 17.6. The Labute approximate surface area is 179 Å². The number of aromatic nitrogens is 1. The van der Waals surface area contributed by atoms with Crippen molar-refractivity contribution in [2.75, 3.05) is 26.2 Å². The molecule has 1 aromatic rings. The van der Waals surface area contributed by atoms with E-state index in [9.17, 15) is 0 Å². The first-order valence-electron chi connectivity index (χ1n) is 9.84. The summed E-state index contributed by atoms with van der Waals surface area (Å²) in [5, 5.41) is 8.12. The van der Waals surface area contributed by atoms with Crippen molar-refractivity contribution in [1.82, 2.24) is 20.5 Å². The van der Waals surface area contributed by atoms with E-state index in [1.165, 1.54) is 50.1 Å². The fourth-order valence-corrected chi connectivity index (χ4v) is 4.80. The molecule has 1 atom stereocenters. The molecule has 1 aliphatic carbocycles. The smallest absolute Gasteiger partial charge is 0.191 e. The van der Waals surface area contributed by atoms with E-state index in [1.807, 2.05) is 0 Å². The normalized spacial score (nSPS) is 21.8. The van der Waals surface area contributed by atoms with Crippen molar-refractivity contribution >= 4 is 41.3 Å². The number of aliphatic imine (C=N–C) groups is 1. The molecular weight excluding hydrogens is 457 g/mol. The van der Waals surface area contributed by atoms with Gasteiger partial charge in [-0.1, -0.05) is 12.8 Å². The van der Waals surface area contributed by atoms with Crippen molar-refractivity contribution in [3.8, 4) is 0 Å². The Balaban J connectivity index is 0.00000243. The Hall–Kier alpha value is -0.410. The van der Waals surface area contributed by atoms with Gasteiger partial charge in [-0.2, -0.15) is 0 Å². The van der Waals surface area contributed by atoms with E-state index in [-0.39, 0.29) is 24.0 Å². The summed E-state index contributed by atoms with van der Waals surface area (Å²) < 4.78 is 0. The van der Waals surface area contributed by atoms with Crippen LogP contribution in [0.1, 0.15) is 54.6 Å². The molecule has 0 spiro atoms. The molecule has 1 saturated heterocycles. The van der Waals surface area contributed by atoms with Gasteiger partial charge in [-0.3, -0.25) is 0 Å². The molecule has 5 nitrogen and oxygen atoms in total. The van der Waals surface area contributed by atoms with Crippen LogP contribution in [-0.2, 0) is 6.54 Å². The van der Waals surface area contributed by atoms with Crippen molar-refractivity contribution in [3.63, 3.8) is 0 Å². The third kappa shape index (κ3) is 6.34. The number of halogens is 1. The monoisotopic (exact) mass is 491 g/mol. The molecule has 26 heavy (non-hydrogen) atoms. The summed E-state index contributed by atoms with van der Waals surface area (Å²) in [4.78, 5) is 13.3. The van der Waals surface area contributed by atoms with Crippen molar-refractivity contribution < 1.29 is 0 Å². The summed E-state index contributed by atoms with van der Waals surface area (Å²) in [6.45, 7) is 11.5. The van der Waals surface area contributed by atoms with E-state index in [2.05, 4.69) is 41.3 Å². The standard InChI is InChI=1S/C19H33N5S.HI/c1-4-20-19(21-11-18-22-14(2)15(3)25-18)23-17-9-10-24(13-17)12-16-7-5-6-8-16;/h16-17H,4-13H2,1-3H3,(H2,20,21,23);1H. The molecule has 2 N–H and O–H groups in total. The molecule has 1 saturated carbocycles. The van der Waals surface area contributed by atoms with E-state index in [0.717, 1.165) is 35.7 Å². The number of nitrogens with zero attached hydrogens (tertiary/aromatic N) is 3. The van der Waals surface area contributed by atoms with Gasteiger partial charge >= 0.3 is 0 Å². The van der Waals surface area contributed by atoms with Crippen molar-refractivity contribution in [3.05, 3.63) is 15.6 Å². The van der Waals surface area contributed by atoms with Crippen LogP contribution in [0.5, 0.6) is 0 Å². The van der Waals surface area contributed by atoms with Crippen LogP contribution in [0.2, 0.25) is 0 Å². The molecule has 0 bridgehead atoms. The van der Waals surface area contributed by atoms with Crippen LogP contribution in [0.25, 0.3) is 0 Å². The molecule has 7 heteroatoms. The van der Waals surface area contributed by atoms with Crippen LogP contribution in [0.15, 0.2) is 4.99 Å². The molecule has 1 aromatic heterocycles. The Morgan fingerprint density at radius 3 is 2.69 bits per heavy atom. The van der Waals surface area contributed by atoms with Crippen molar-refractivity contribution in [2.24, 2.45) is 10.9 Å². The van der Waals surface area contributed by atoms with Crippen LogP contribution in [0.3, 0.4) is 0 Å². The number of aryl methyl sites for hydroxylation is 2. The quantitative estimate of drug-likeness (QED) is 0.362. The Bertz CT molecular complexity index is 563. The summed E-state index contributed by atoms with van der Waals surface area (Å²) in [5.74, 6) is 1.87. The SMILES string of the molecule is CCNC(=NCc1nc(C)c(C)s1)NC1CCN(CC2CCCC2)C1.I. The molecule has 2 heterocycles. The molecule has 1 unspecified atom stereocenters. The maximum Gasteiger partial charge on any atom is 0.191 e. The second-order valence-electron chi connectivity index (χ2n) is 7.48. The Morgan fingerprint density at radius 2 is 2.04 bits per heavy atom. The van der Waals surface area contributed by atoms with Gasteiger partial charge in [0.15, 0.2) is 5.96 Å². The fourth-order valence-electron chi connectivity index (χ4n) is 3.94. The maximum absolute atomic E-state index is 4.75. The molecule has 2 aliphatic rings. The second-order valence-corrected chi connectivity index (χ2v) is 8.77. The van der Waals surface area contributed by atoms with Gasteiger partial charge < -0.3 is 15.5 Å². The average molecular weight is 491 g/mol. The number of hydrogen-bond donors (Lipinski definition) is 2. The maximum atomic E-state index is 4.75. The molecule has 148 valence electrons. The number of hydrogen-bond acceptors (Lipinski definition) is 4. The number of guanidine groups is 1. The number of likely N-dealkylation sites (tertiary alicyclic amines) is 1.